The summed E-state index contributed by atoms with van der Waals surface area (Å²) in [7, 11) is 0. The van der Waals surface area contributed by atoms with Crippen LogP contribution in [0.4, 0.5) is 0 Å². The minimum Gasteiger partial charge on any atom is -0.356 e. The summed E-state index contributed by atoms with van der Waals surface area (Å²) in [5.41, 5.74) is 1.31. The number of rotatable bonds is 4. The second-order valence-electron chi connectivity index (χ2n) is 5.66. The predicted molar refractivity (Wildman–Crippen MR) is 82.6 cm³/mol. The Balaban J connectivity index is 1.61. The normalized spacial score (nSPS) is 15.6. The van der Waals surface area contributed by atoms with E-state index >= 15 is 0 Å². The fourth-order valence-corrected chi connectivity index (χ4v) is 3.16. The first-order chi connectivity index (χ1) is 9.84. The van der Waals surface area contributed by atoms with Gasteiger partial charge in [0, 0.05) is 12.5 Å². The van der Waals surface area contributed by atoms with Gasteiger partial charge >= 0.3 is 0 Å². The first kappa shape index (κ1) is 13.2. The number of carbonyl (C=O) groups excluding carboxylic acids is 1. The van der Waals surface area contributed by atoms with Crippen LogP contribution >= 0.6 is 0 Å². The van der Waals surface area contributed by atoms with Crippen LogP contribution in [0.5, 0.6) is 0 Å². The van der Waals surface area contributed by atoms with Gasteiger partial charge in [0.2, 0.25) is 5.91 Å². The molecule has 1 N–H and O–H groups in total. The second-order valence-corrected chi connectivity index (χ2v) is 5.66. The molecule has 3 rings (SSSR count). The van der Waals surface area contributed by atoms with Gasteiger partial charge in [-0.15, -0.1) is 0 Å². The van der Waals surface area contributed by atoms with Gasteiger partial charge in [0.25, 0.3) is 0 Å². The number of fused-ring (bicyclic) bond motifs is 1. The summed E-state index contributed by atoms with van der Waals surface area (Å²) < 4.78 is 0. The molecule has 0 spiro atoms. The number of carbonyl (C=O) groups is 1. The molecule has 0 bridgehead atoms. The van der Waals surface area contributed by atoms with Gasteiger partial charge in [-0.1, -0.05) is 55.3 Å². The van der Waals surface area contributed by atoms with Crippen LogP contribution in [0.2, 0.25) is 0 Å². The van der Waals surface area contributed by atoms with Crippen molar-refractivity contribution < 1.29 is 4.79 Å². The number of nitrogens with one attached hydrogen (secondary N) is 1. The SMILES string of the molecule is O=C(NCCc1cccc2ccccc12)C1CCCC1. The first-order valence-corrected chi connectivity index (χ1v) is 7.59. The molecule has 1 aliphatic carbocycles. The summed E-state index contributed by atoms with van der Waals surface area (Å²) in [5, 5.41) is 5.67. The van der Waals surface area contributed by atoms with Gasteiger partial charge in [-0.3, -0.25) is 4.79 Å². The Bertz CT molecular complexity index is 594. The van der Waals surface area contributed by atoms with E-state index in [1.54, 1.807) is 0 Å². The van der Waals surface area contributed by atoms with Crippen LogP contribution in [0.1, 0.15) is 31.2 Å². The molecule has 2 heteroatoms. The molecule has 2 nitrogen and oxygen atoms in total. The maximum Gasteiger partial charge on any atom is 0.223 e. The molecule has 0 saturated heterocycles. The molecule has 20 heavy (non-hydrogen) atoms. The molecule has 0 atom stereocenters. The van der Waals surface area contributed by atoms with Gasteiger partial charge in [0.05, 0.1) is 0 Å². The van der Waals surface area contributed by atoms with E-state index in [-0.39, 0.29) is 11.8 Å². The molecule has 0 aliphatic heterocycles. The maximum atomic E-state index is 12.0. The molecule has 1 aliphatic rings. The van der Waals surface area contributed by atoms with Gasteiger partial charge in [-0.25, -0.2) is 0 Å². The van der Waals surface area contributed by atoms with Crippen molar-refractivity contribution in [2.75, 3.05) is 6.54 Å². The van der Waals surface area contributed by atoms with E-state index in [1.807, 2.05) is 0 Å². The van der Waals surface area contributed by atoms with Gasteiger partial charge < -0.3 is 5.32 Å². The molecule has 1 saturated carbocycles. The molecule has 0 unspecified atom stereocenters. The quantitative estimate of drug-likeness (QED) is 0.899. The topological polar surface area (TPSA) is 29.1 Å². The third kappa shape index (κ3) is 2.84. The molecule has 0 heterocycles. The largest absolute Gasteiger partial charge is 0.356 e. The lowest BCUT2D eigenvalue weighted by Gasteiger charge is -2.11. The minimum absolute atomic E-state index is 0.253. The molecule has 1 fully saturated rings. The smallest absolute Gasteiger partial charge is 0.223 e. The van der Waals surface area contributed by atoms with Crippen molar-refractivity contribution >= 4 is 16.7 Å². The second kappa shape index (κ2) is 6.08. The van der Waals surface area contributed by atoms with Crippen molar-refractivity contribution in [1.29, 1.82) is 0 Å². The van der Waals surface area contributed by atoms with Crippen molar-refractivity contribution in [1.82, 2.24) is 5.32 Å². The monoisotopic (exact) mass is 267 g/mol. The van der Waals surface area contributed by atoms with Crippen LogP contribution in [0.25, 0.3) is 10.8 Å². The van der Waals surface area contributed by atoms with E-state index in [4.69, 9.17) is 0 Å². The van der Waals surface area contributed by atoms with Crippen LogP contribution in [0.3, 0.4) is 0 Å². The van der Waals surface area contributed by atoms with Crippen LogP contribution in [-0.4, -0.2) is 12.5 Å². The highest BCUT2D eigenvalue weighted by Gasteiger charge is 2.21. The van der Waals surface area contributed by atoms with Crippen molar-refractivity contribution in [3.8, 4) is 0 Å². The Morgan fingerprint density at radius 2 is 1.80 bits per heavy atom. The van der Waals surface area contributed by atoms with Gasteiger partial charge in [0.1, 0.15) is 0 Å². The molecule has 0 radical (unpaired) electrons. The van der Waals surface area contributed by atoms with E-state index in [9.17, 15) is 4.79 Å². The highest BCUT2D eigenvalue weighted by molar-refractivity contribution is 5.85. The lowest BCUT2D eigenvalue weighted by atomic mass is 10.0. The Labute approximate surface area is 120 Å². The summed E-state index contributed by atoms with van der Waals surface area (Å²) in [5.74, 6) is 0.519. The summed E-state index contributed by atoms with van der Waals surface area (Å²) in [6, 6.07) is 14.8. The summed E-state index contributed by atoms with van der Waals surface area (Å²) >= 11 is 0. The van der Waals surface area contributed by atoms with Crippen LogP contribution in [0.15, 0.2) is 42.5 Å². The van der Waals surface area contributed by atoms with E-state index in [2.05, 4.69) is 47.8 Å². The van der Waals surface area contributed by atoms with Crippen molar-refractivity contribution in [2.45, 2.75) is 32.1 Å². The number of amides is 1. The standard InChI is InChI=1S/C18H21NO/c20-18(16-7-1-2-8-16)19-13-12-15-10-5-9-14-6-3-4-11-17(14)15/h3-6,9-11,16H,1-2,7-8,12-13H2,(H,19,20). The highest BCUT2D eigenvalue weighted by atomic mass is 16.1. The lowest BCUT2D eigenvalue weighted by Crippen LogP contribution is -2.30. The predicted octanol–water partition coefficient (Wildman–Crippen LogP) is 3.69. The van der Waals surface area contributed by atoms with Crippen LogP contribution < -0.4 is 5.32 Å². The Morgan fingerprint density at radius 3 is 2.65 bits per heavy atom. The number of benzene rings is 2. The van der Waals surface area contributed by atoms with Gasteiger partial charge in [-0.05, 0) is 35.6 Å². The zero-order valence-corrected chi connectivity index (χ0v) is 11.8. The molecule has 1 amide bonds. The third-order valence-electron chi connectivity index (χ3n) is 4.30. The highest BCUT2D eigenvalue weighted by Crippen LogP contribution is 2.24. The zero-order valence-electron chi connectivity index (χ0n) is 11.8. The van der Waals surface area contributed by atoms with Crippen molar-refractivity contribution in [3.63, 3.8) is 0 Å². The fourth-order valence-electron chi connectivity index (χ4n) is 3.16. The number of hydrogen-bond acceptors (Lipinski definition) is 1. The summed E-state index contributed by atoms with van der Waals surface area (Å²) in [6.45, 7) is 0.739. The zero-order chi connectivity index (χ0) is 13.8. The van der Waals surface area contributed by atoms with E-state index < -0.39 is 0 Å². The lowest BCUT2D eigenvalue weighted by molar-refractivity contribution is -0.124. The van der Waals surface area contributed by atoms with Crippen LogP contribution in [0, 0.1) is 5.92 Å². The summed E-state index contributed by atoms with van der Waals surface area (Å²) in [6.07, 6.45) is 5.46. The third-order valence-corrected chi connectivity index (χ3v) is 4.30. The maximum absolute atomic E-state index is 12.0. The Hall–Kier alpha value is -1.83. The average Bonchev–Trinajstić information content (AvgIpc) is 3.02. The van der Waals surface area contributed by atoms with Crippen LogP contribution in [-0.2, 0) is 11.2 Å². The van der Waals surface area contributed by atoms with E-state index in [0.717, 1.165) is 25.8 Å². The van der Waals surface area contributed by atoms with Crippen molar-refractivity contribution in [2.24, 2.45) is 5.92 Å². The average molecular weight is 267 g/mol. The molecule has 2 aromatic carbocycles. The Kier molecular flexibility index (Phi) is 4.00. The van der Waals surface area contributed by atoms with E-state index in [0.29, 0.717) is 0 Å². The minimum atomic E-state index is 0.253. The molecular formula is C18H21NO. The van der Waals surface area contributed by atoms with Crippen molar-refractivity contribution in [3.05, 3.63) is 48.0 Å². The van der Waals surface area contributed by atoms with Gasteiger partial charge in [0.15, 0.2) is 0 Å². The number of hydrogen-bond donors (Lipinski definition) is 1. The van der Waals surface area contributed by atoms with Gasteiger partial charge in [-0.2, -0.15) is 0 Å². The Morgan fingerprint density at radius 1 is 1.05 bits per heavy atom. The molecule has 2 aromatic rings. The summed E-state index contributed by atoms with van der Waals surface area (Å²) in [4.78, 5) is 12.0. The molecule has 104 valence electrons. The molecular weight excluding hydrogens is 246 g/mol. The molecule has 0 aromatic heterocycles. The fraction of sp³-hybridized carbons (Fsp3) is 0.389. The first-order valence-electron chi connectivity index (χ1n) is 7.59. The van der Waals surface area contributed by atoms with E-state index in [1.165, 1.54) is 29.2 Å².